The van der Waals surface area contributed by atoms with Crippen molar-refractivity contribution in [3.05, 3.63) is 45.9 Å². The molecule has 0 saturated carbocycles. The number of nitrogens with one attached hydrogen (secondary N) is 4. The average Bonchev–Trinajstić information content (AvgIpc) is 3.75. The van der Waals surface area contributed by atoms with Crippen LogP contribution in [-0.2, 0) is 44.6 Å². The van der Waals surface area contributed by atoms with Gasteiger partial charge in [0.05, 0.1) is 12.6 Å². The number of likely N-dealkylation sites (tertiary alicyclic amines) is 1. The number of nitrogens with zero attached hydrogens (tertiary/aromatic N) is 3. The molecular weight excluding hydrogens is 859 g/mol. The fourth-order valence-corrected chi connectivity index (χ4v) is 8.44. The molecule has 1 aliphatic heterocycles. The zero-order valence-electron chi connectivity index (χ0n) is 39.6. The second kappa shape index (κ2) is 26.6. The van der Waals surface area contributed by atoms with Crippen molar-refractivity contribution < 1.29 is 52.9 Å². The molecule has 1 aromatic heterocycles. The number of hydrogen-bond donors (Lipinski definition) is 5. The van der Waals surface area contributed by atoms with Gasteiger partial charge < -0.3 is 34.9 Å². The van der Waals surface area contributed by atoms with Gasteiger partial charge in [-0.15, -0.1) is 11.3 Å². The summed E-state index contributed by atoms with van der Waals surface area (Å²) in [4.78, 5) is 101. The van der Waals surface area contributed by atoms with Crippen LogP contribution in [0.15, 0.2) is 29.6 Å². The zero-order valence-corrected chi connectivity index (χ0v) is 40.5. The number of carbonyl (C=O) groups excluding carboxylic acids is 7. The third kappa shape index (κ3) is 17.5. The molecule has 1 unspecified atom stereocenters. The molecule has 1 aromatic carbocycles. The SMILES string of the molecule is CCOC(=O)NNC(=O)[C@@H](C)C[C@H](Cc1ccc(O)cc1)NC(=O)c1csc([C@@H](C[C@H](C(C)C)N(COC(=O)CC(C)C)C(=O)[C@@H](NC(=O)[C@H]2CCCCN2C)C(C)CC)OC(C)=O)n1. The molecule has 2 aromatic rings. The van der Waals surface area contributed by atoms with Gasteiger partial charge in [0, 0.05) is 43.1 Å². The highest BCUT2D eigenvalue weighted by Gasteiger charge is 2.39. The van der Waals surface area contributed by atoms with E-state index in [2.05, 4.69) is 26.5 Å². The molecule has 5 amide bonds. The van der Waals surface area contributed by atoms with Crippen molar-refractivity contribution in [1.29, 1.82) is 0 Å². The molecular formula is C46H71N7O11S. The Labute approximate surface area is 387 Å². The van der Waals surface area contributed by atoms with Crippen LogP contribution < -0.4 is 21.5 Å². The number of carbonyl (C=O) groups is 7. The lowest BCUT2D eigenvalue weighted by atomic mass is 9.92. The van der Waals surface area contributed by atoms with Gasteiger partial charge >= 0.3 is 18.0 Å². The summed E-state index contributed by atoms with van der Waals surface area (Å²) in [6.07, 6.45) is 1.82. The summed E-state index contributed by atoms with van der Waals surface area (Å²) in [6, 6.07) is 3.76. The molecule has 362 valence electrons. The van der Waals surface area contributed by atoms with Gasteiger partial charge in [0.25, 0.3) is 5.91 Å². The number of ether oxygens (including phenoxy) is 3. The minimum Gasteiger partial charge on any atom is -0.508 e. The van der Waals surface area contributed by atoms with Crippen LogP contribution in [0.1, 0.15) is 134 Å². The standard InChI is InChI=1S/C46H71N7O11S/c1-11-29(7)40(49-43(59)36-15-13-14-20-52(36)10)45(60)53(26-63-39(56)21-27(3)4)37(28(5)6)24-38(64-31(9)54)44-48-35(25-65-44)42(58)47-33(23-32-16-18-34(55)19-17-32)22-30(8)41(57)50-51-46(61)62-12-2/h16-19,25,27-30,33,36-38,40,55H,11-15,20-24,26H2,1-10H3,(H,47,58)(H,49,59)(H,50,57)(H,51,61)/t29?,30-,33+,36+,37+,38+,40-/m0/s1. The van der Waals surface area contributed by atoms with Gasteiger partial charge in [-0.3, -0.25) is 39.1 Å². The van der Waals surface area contributed by atoms with E-state index in [0.717, 1.165) is 36.3 Å². The number of aromatic nitrogens is 1. The van der Waals surface area contributed by atoms with Crippen LogP contribution in [0, 0.1) is 23.7 Å². The Kier molecular flexibility index (Phi) is 22.1. The molecule has 65 heavy (non-hydrogen) atoms. The Morgan fingerprint density at radius 3 is 2.23 bits per heavy atom. The molecule has 0 bridgehead atoms. The number of esters is 2. The third-order valence-corrected chi connectivity index (χ3v) is 12.4. The van der Waals surface area contributed by atoms with Gasteiger partial charge in [0.1, 0.15) is 22.5 Å². The van der Waals surface area contributed by atoms with Gasteiger partial charge in [-0.05, 0) is 81.6 Å². The minimum atomic E-state index is -1.04. The van der Waals surface area contributed by atoms with Crippen LogP contribution in [0.4, 0.5) is 4.79 Å². The lowest BCUT2D eigenvalue weighted by Gasteiger charge is -2.39. The van der Waals surface area contributed by atoms with Crippen molar-refractivity contribution in [2.45, 2.75) is 144 Å². The highest BCUT2D eigenvalue weighted by molar-refractivity contribution is 7.09. The molecule has 1 saturated heterocycles. The maximum absolute atomic E-state index is 14.9. The fourth-order valence-electron chi connectivity index (χ4n) is 7.60. The quantitative estimate of drug-likeness (QED) is 0.0407. The monoisotopic (exact) mass is 929 g/mol. The molecule has 0 aliphatic carbocycles. The van der Waals surface area contributed by atoms with E-state index in [0.29, 0.717) is 12.8 Å². The van der Waals surface area contributed by atoms with Gasteiger partial charge in [0.15, 0.2) is 12.8 Å². The predicted molar refractivity (Wildman–Crippen MR) is 244 cm³/mol. The lowest BCUT2D eigenvalue weighted by molar-refractivity contribution is -0.161. The van der Waals surface area contributed by atoms with Gasteiger partial charge in [-0.2, -0.15) is 0 Å². The van der Waals surface area contributed by atoms with Gasteiger partial charge in [-0.25, -0.2) is 15.2 Å². The van der Waals surface area contributed by atoms with E-state index in [9.17, 15) is 38.7 Å². The Bertz CT molecular complexity index is 1890. The number of rotatable bonds is 23. The van der Waals surface area contributed by atoms with E-state index in [-0.39, 0.29) is 72.4 Å². The van der Waals surface area contributed by atoms with Crippen molar-refractivity contribution in [2.24, 2.45) is 23.7 Å². The van der Waals surface area contributed by atoms with E-state index in [1.807, 2.05) is 53.5 Å². The maximum atomic E-state index is 14.9. The number of hydrazine groups is 1. The summed E-state index contributed by atoms with van der Waals surface area (Å²) in [5.41, 5.74) is 5.30. The summed E-state index contributed by atoms with van der Waals surface area (Å²) in [7, 11) is 1.90. The van der Waals surface area contributed by atoms with Crippen LogP contribution >= 0.6 is 11.3 Å². The Morgan fingerprint density at radius 1 is 0.938 bits per heavy atom. The van der Waals surface area contributed by atoms with Crippen molar-refractivity contribution in [3.8, 4) is 5.75 Å². The number of amides is 5. The first kappa shape index (κ1) is 54.0. The predicted octanol–water partition coefficient (Wildman–Crippen LogP) is 5.40. The Hall–Kier alpha value is -5.30. The number of benzene rings is 1. The topological polar surface area (TPSA) is 235 Å². The molecule has 1 fully saturated rings. The number of phenolic OH excluding ortho intramolecular Hbond substituents is 1. The summed E-state index contributed by atoms with van der Waals surface area (Å²) < 4.78 is 16.4. The number of phenols is 1. The van der Waals surface area contributed by atoms with Crippen molar-refractivity contribution in [2.75, 3.05) is 26.9 Å². The largest absolute Gasteiger partial charge is 0.508 e. The second-order valence-electron chi connectivity index (χ2n) is 17.6. The maximum Gasteiger partial charge on any atom is 0.426 e. The number of hydrogen-bond acceptors (Lipinski definition) is 14. The van der Waals surface area contributed by atoms with E-state index in [1.54, 1.807) is 26.0 Å². The molecule has 19 heteroatoms. The number of thiazole rings is 1. The molecule has 1 aliphatic rings. The fraction of sp³-hybridized carbons (Fsp3) is 0.652. The molecule has 2 heterocycles. The van der Waals surface area contributed by atoms with Crippen LogP contribution in [-0.4, -0.2) is 113 Å². The van der Waals surface area contributed by atoms with Crippen molar-refractivity contribution >= 4 is 53.0 Å². The van der Waals surface area contributed by atoms with Crippen LogP contribution in [0.3, 0.4) is 0 Å². The summed E-state index contributed by atoms with van der Waals surface area (Å²) >= 11 is 1.09. The molecule has 0 spiro atoms. The van der Waals surface area contributed by atoms with Crippen LogP contribution in [0.25, 0.3) is 0 Å². The molecule has 3 rings (SSSR count). The molecule has 18 nitrogen and oxygen atoms in total. The average molecular weight is 930 g/mol. The number of likely N-dealkylation sites (N-methyl/N-ethyl adjacent to an activating group) is 1. The Balaban J connectivity index is 1.95. The first-order chi connectivity index (χ1) is 30.7. The van der Waals surface area contributed by atoms with Gasteiger partial charge in [0.2, 0.25) is 17.7 Å². The highest BCUT2D eigenvalue weighted by Crippen LogP contribution is 2.32. The first-order valence-electron chi connectivity index (χ1n) is 22.6. The van der Waals surface area contributed by atoms with E-state index >= 15 is 0 Å². The summed E-state index contributed by atoms with van der Waals surface area (Å²) in [5.74, 6) is -4.09. The lowest BCUT2D eigenvalue weighted by Crippen LogP contribution is -2.59. The van der Waals surface area contributed by atoms with E-state index in [1.165, 1.54) is 29.3 Å². The summed E-state index contributed by atoms with van der Waals surface area (Å²) in [6.45, 7) is 16.4. The van der Waals surface area contributed by atoms with Crippen LogP contribution in [0.5, 0.6) is 5.75 Å². The smallest absolute Gasteiger partial charge is 0.426 e. The number of piperidine rings is 1. The third-order valence-electron chi connectivity index (χ3n) is 11.4. The first-order valence-corrected chi connectivity index (χ1v) is 23.5. The molecule has 0 radical (unpaired) electrons. The van der Waals surface area contributed by atoms with Gasteiger partial charge in [-0.1, -0.05) is 73.4 Å². The van der Waals surface area contributed by atoms with Crippen molar-refractivity contribution in [1.82, 2.24) is 36.3 Å². The Morgan fingerprint density at radius 2 is 1.63 bits per heavy atom. The summed E-state index contributed by atoms with van der Waals surface area (Å²) in [5, 5.41) is 17.7. The highest BCUT2D eigenvalue weighted by atomic mass is 32.1. The molecule has 7 atom stereocenters. The van der Waals surface area contributed by atoms with Crippen molar-refractivity contribution in [3.63, 3.8) is 0 Å². The van der Waals surface area contributed by atoms with Crippen LogP contribution in [0.2, 0.25) is 0 Å². The normalized spacial score (nSPS) is 16.8. The zero-order chi connectivity index (χ0) is 48.4. The van der Waals surface area contributed by atoms with E-state index < -0.39 is 78.7 Å². The molecule has 5 N–H and O–H groups in total. The number of aromatic hydroxyl groups is 1. The second-order valence-corrected chi connectivity index (χ2v) is 18.5. The minimum absolute atomic E-state index is 0.00270. The van der Waals surface area contributed by atoms with E-state index in [4.69, 9.17) is 14.2 Å².